The molecule has 3 heteroatoms. The van der Waals surface area contributed by atoms with Crippen molar-refractivity contribution in [3.05, 3.63) is 28.2 Å². The SMILES string of the molecule is C=Cc1sc(C2(N)CC2)nc1/C=C\C.CC. The Labute approximate surface area is 102 Å². The van der Waals surface area contributed by atoms with E-state index < -0.39 is 0 Å². The third-order valence-electron chi connectivity index (χ3n) is 2.41. The van der Waals surface area contributed by atoms with E-state index in [1.54, 1.807) is 11.3 Å². The molecule has 0 spiro atoms. The molecule has 2 nitrogen and oxygen atoms in total. The Kier molecular flexibility index (Phi) is 4.44. The van der Waals surface area contributed by atoms with Crippen LogP contribution in [0.1, 0.15) is 49.2 Å². The minimum Gasteiger partial charge on any atom is -0.319 e. The zero-order valence-corrected chi connectivity index (χ0v) is 11.1. The second-order valence-electron chi connectivity index (χ2n) is 3.63. The molecule has 16 heavy (non-hydrogen) atoms. The van der Waals surface area contributed by atoms with Crippen molar-refractivity contribution in [2.45, 2.75) is 39.2 Å². The van der Waals surface area contributed by atoms with Crippen molar-refractivity contribution in [2.24, 2.45) is 5.73 Å². The highest BCUT2D eigenvalue weighted by Crippen LogP contribution is 2.45. The Morgan fingerprint density at radius 3 is 2.50 bits per heavy atom. The molecule has 2 N–H and O–H groups in total. The molecule has 1 aromatic heterocycles. The summed E-state index contributed by atoms with van der Waals surface area (Å²) in [5.41, 5.74) is 6.97. The number of hydrogen-bond acceptors (Lipinski definition) is 3. The first-order chi connectivity index (χ1) is 7.69. The molecule has 0 bridgehead atoms. The highest BCUT2D eigenvalue weighted by molar-refractivity contribution is 7.13. The molecule has 0 aromatic carbocycles. The molecule has 1 heterocycles. The predicted octanol–water partition coefficient (Wildman–Crippen LogP) is 3.79. The summed E-state index contributed by atoms with van der Waals surface area (Å²) in [4.78, 5) is 5.66. The van der Waals surface area contributed by atoms with Gasteiger partial charge in [-0.05, 0) is 31.9 Å². The van der Waals surface area contributed by atoms with E-state index in [4.69, 9.17) is 5.73 Å². The molecular weight excluding hydrogens is 216 g/mol. The first kappa shape index (κ1) is 13.1. The van der Waals surface area contributed by atoms with Crippen LogP contribution in [0.2, 0.25) is 0 Å². The van der Waals surface area contributed by atoms with Crippen molar-refractivity contribution in [3.8, 4) is 0 Å². The van der Waals surface area contributed by atoms with Gasteiger partial charge in [0, 0.05) is 0 Å². The lowest BCUT2D eigenvalue weighted by molar-refractivity contribution is 0.730. The predicted molar refractivity (Wildman–Crippen MR) is 73.4 cm³/mol. The normalized spacial score (nSPS) is 16.8. The number of thiazole rings is 1. The smallest absolute Gasteiger partial charge is 0.114 e. The van der Waals surface area contributed by atoms with Gasteiger partial charge in [-0.25, -0.2) is 4.98 Å². The minimum atomic E-state index is -0.123. The van der Waals surface area contributed by atoms with Crippen LogP contribution in [-0.4, -0.2) is 4.98 Å². The minimum absolute atomic E-state index is 0.123. The Balaban J connectivity index is 0.000000606. The molecule has 0 unspecified atom stereocenters. The number of nitrogens with two attached hydrogens (primary N) is 1. The van der Waals surface area contributed by atoms with Gasteiger partial charge in [0.2, 0.25) is 0 Å². The fourth-order valence-electron chi connectivity index (χ4n) is 1.33. The molecule has 1 aliphatic rings. The maximum atomic E-state index is 6.09. The summed E-state index contributed by atoms with van der Waals surface area (Å²) in [5, 5.41) is 1.06. The largest absolute Gasteiger partial charge is 0.319 e. The second-order valence-corrected chi connectivity index (χ2v) is 4.66. The van der Waals surface area contributed by atoms with E-state index in [1.165, 1.54) is 0 Å². The lowest BCUT2D eigenvalue weighted by atomic mass is 10.3. The van der Waals surface area contributed by atoms with Gasteiger partial charge >= 0.3 is 0 Å². The summed E-state index contributed by atoms with van der Waals surface area (Å²) in [6.07, 6.45) is 7.96. The molecule has 1 aromatic rings. The molecule has 2 rings (SSSR count). The highest BCUT2D eigenvalue weighted by Gasteiger charge is 2.43. The molecule has 0 radical (unpaired) electrons. The zero-order valence-electron chi connectivity index (χ0n) is 10.3. The fraction of sp³-hybridized carbons (Fsp3) is 0.462. The Hall–Kier alpha value is -0.930. The van der Waals surface area contributed by atoms with Crippen LogP contribution in [0.4, 0.5) is 0 Å². The van der Waals surface area contributed by atoms with E-state index >= 15 is 0 Å². The van der Waals surface area contributed by atoms with E-state index in [-0.39, 0.29) is 5.54 Å². The van der Waals surface area contributed by atoms with Crippen molar-refractivity contribution in [1.29, 1.82) is 0 Å². The van der Waals surface area contributed by atoms with Crippen molar-refractivity contribution in [2.75, 3.05) is 0 Å². The Morgan fingerprint density at radius 2 is 2.06 bits per heavy atom. The van der Waals surface area contributed by atoms with E-state index in [0.717, 1.165) is 28.4 Å². The summed E-state index contributed by atoms with van der Waals surface area (Å²) in [6.45, 7) is 9.77. The van der Waals surface area contributed by atoms with Gasteiger partial charge in [0.15, 0.2) is 0 Å². The van der Waals surface area contributed by atoms with Gasteiger partial charge in [-0.3, -0.25) is 0 Å². The first-order valence-corrected chi connectivity index (χ1v) is 6.56. The van der Waals surface area contributed by atoms with Crippen LogP contribution < -0.4 is 5.73 Å². The van der Waals surface area contributed by atoms with Crippen LogP contribution >= 0.6 is 11.3 Å². The van der Waals surface area contributed by atoms with E-state index in [1.807, 2.05) is 39.0 Å². The molecule has 1 saturated carbocycles. The molecule has 0 amide bonds. The van der Waals surface area contributed by atoms with Crippen LogP contribution in [0.3, 0.4) is 0 Å². The first-order valence-electron chi connectivity index (χ1n) is 5.75. The van der Waals surface area contributed by atoms with Crippen LogP contribution in [-0.2, 0) is 5.54 Å². The van der Waals surface area contributed by atoms with Crippen LogP contribution in [0.15, 0.2) is 12.7 Å². The summed E-state index contributed by atoms with van der Waals surface area (Å²) in [7, 11) is 0. The number of aromatic nitrogens is 1. The third kappa shape index (κ3) is 2.60. The van der Waals surface area contributed by atoms with E-state index in [2.05, 4.69) is 11.6 Å². The van der Waals surface area contributed by atoms with Gasteiger partial charge in [-0.2, -0.15) is 0 Å². The van der Waals surface area contributed by atoms with Gasteiger partial charge in [0.25, 0.3) is 0 Å². The van der Waals surface area contributed by atoms with Crippen molar-refractivity contribution in [1.82, 2.24) is 4.98 Å². The lowest BCUT2D eigenvalue weighted by Gasteiger charge is -2.00. The average Bonchev–Trinajstić information content (AvgIpc) is 2.93. The van der Waals surface area contributed by atoms with E-state index in [0.29, 0.717) is 0 Å². The lowest BCUT2D eigenvalue weighted by Crippen LogP contribution is -2.18. The second kappa shape index (κ2) is 5.41. The van der Waals surface area contributed by atoms with Crippen LogP contribution in [0.5, 0.6) is 0 Å². The third-order valence-corrected chi connectivity index (χ3v) is 3.69. The molecule has 88 valence electrons. The molecule has 0 atom stereocenters. The monoisotopic (exact) mass is 236 g/mol. The summed E-state index contributed by atoms with van der Waals surface area (Å²) in [5.74, 6) is 0. The maximum absolute atomic E-state index is 6.09. The quantitative estimate of drug-likeness (QED) is 0.867. The maximum Gasteiger partial charge on any atom is 0.114 e. The average molecular weight is 236 g/mol. The highest BCUT2D eigenvalue weighted by atomic mass is 32.1. The van der Waals surface area contributed by atoms with Gasteiger partial charge in [-0.1, -0.05) is 26.5 Å². The number of allylic oxidation sites excluding steroid dienone is 1. The standard InChI is InChI=1S/C11H14N2S.C2H6/c1-3-5-8-9(4-2)14-10(13-8)11(12)6-7-11;1-2/h3-5H,2,6-7,12H2,1H3;1-2H3/b5-3-;. The number of rotatable bonds is 3. The molecule has 1 aliphatic carbocycles. The van der Waals surface area contributed by atoms with Crippen molar-refractivity contribution >= 4 is 23.5 Å². The summed E-state index contributed by atoms with van der Waals surface area (Å²) in [6, 6.07) is 0. The molecular formula is C13H20N2S. The topological polar surface area (TPSA) is 38.9 Å². The summed E-state index contributed by atoms with van der Waals surface area (Å²) >= 11 is 1.66. The van der Waals surface area contributed by atoms with Crippen molar-refractivity contribution < 1.29 is 0 Å². The van der Waals surface area contributed by atoms with Gasteiger partial charge < -0.3 is 5.73 Å². The molecule has 0 saturated heterocycles. The molecule has 1 fully saturated rings. The molecule has 0 aliphatic heterocycles. The van der Waals surface area contributed by atoms with Gasteiger partial charge in [0.05, 0.1) is 16.1 Å². The van der Waals surface area contributed by atoms with Crippen molar-refractivity contribution in [3.63, 3.8) is 0 Å². The summed E-state index contributed by atoms with van der Waals surface area (Å²) < 4.78 is 0. The van der Waals surface area contributed by atoms with Crippen LogP contribution in [0.25, 0.3) is 12.2 Å². The van der Waals surface area contributed by atoms with Gasteiger partial charge in [-0.15, -0.1) is 11.3 Å². The van der Waals surface area contributed by atoms with Gasteiger partial charge in [0.1, 0.15) is 5.01 Å². The van der Waals surface area contributed by atoms with E-state index in [9.17, 15) is 0 Å². The Bertz CT molecular complexity index is 387. The fourth-order valence-corrected chi connectivity index (χ4v) is 2.39. The Morgan fingerprint density at radius 1 is 1.44 bits per heavy atom. The zero-order chi connectivity index (χ0) is 12.2. The van der Waals surface area contributed by atoms with Crippen LogP contribution in [0, 0.1) is 0 Å². The number of nitrogens with zero attached hydrogens (tertiary/aromatic N) is 1. The number of hydrogen-bond donors (Lipinski definition) is 1.